The lowest BCUT2D eigenvalue weighted by Gasteiger charge is -2.30. The van der Waals surface area contributed by atoms with E-state index in [1.165, 1.54) is 17.7 Å². The van der Waals surface area contributed by atoms with Gasteiger partial charge in [0.25, 0.3) is 0 Å². The molecule has 0 atom stereocenters. The highest BCUT2D eigenvalue weighted by Crippen LogP contribution is 2.18. The van der Waals surface area contributed by atoms with Crippen molar-refractivity contribution in [3.8, 4) is 0 Å². The van der Waals surface area contributed by atoms with E-state index in [9.17, 15) is 9.59 Å². The average Bonchev–Trinajstić information content (AvgIpc) is 2.49. The van der Waals surface area contributed by atoms with Gasteiger partial charge in [0.2, 0.25) is 0 Å². The van der Waals surface area contributed by atoms with Crippen molar-refractivity contribution in [1.29, 1.82) is 0 Å². The molecule has 0 unspecified atom stereocenters. The van der Waals surface area contributed by atoms with Crippen LogP contribution in [0.3, 0.4) is 0 Å². The number of allylic oxidation sites excluding steroid dienone is 1. The smallest absolute Gasteiger partial charge is 0.330 e. The number of piperidine rings is 1. The molecule has 1 fully saturated rings. The molecule has 7 heteroatoms. The molecular weight excluding hydrogens is 395 g/mol. The Hall–Kier alpha value is -0.830. The second kappa shape index (κ2) is 8.14. The lowest BCUT2D eigenvalue weighted by atomic mass is 9.99. The molecule has 0 aromatic carbocycles. The Bertz CT molecular complexity index is 458. The summed E-state index contributed by atoms with van der Waals surface area (Å²) in [6.07, 6.45) is 3.45. The number of halogens is 1. The molecule has 2 aliphatic rings. The minimum absolute atomic E-state index is 0.313. The molecule has 2 heterocycles. The van der Waals surface area contributed by atoms with Crippen molar-refractivity contribution >= 4 is 34.7 Å². The van der Waals surface area contributed by atoms with Crippen molar-refractivity contribution in [1.82, 2.24) is 20.4 Å². The summed E-state index contributed by atoms with van der Waals surface area (Å²) in [5, 5.41) is 5.54. The van der Waals surface area contributed by atoms with E-state index < -0.39 is 0 Å². The summed E-state index contributed by atoms with van der Waals surface area (Å²) in [7, 11) is 0. The van der Waals surface area contributed by atoms with Gasteiger partial charge in [-0.15, -0.1) is 0 Å². The summed E-state index contributed by atoms with van der Waals surface area (Å²) in [6.45, 7) is 8.43. The Labute approximate surface area is 145 Å². The van der Waals surface area contributed by atoms with Gasteiger partial charge in [0.1, 0.15) is 0 Å². The van der Waals surface area contributed by atoms with Crippen LogP contribution in [0.5, 0.6) is 0 Å². The number of urea groups is 2. The Morgan fingerprint density at radius 1 is 1.41 bits per heavy atom. The molecular formula is C15H25IN4O2. The summed E-state index contributed by atoms with van der Waals surface area (Å²) >= 11 is 2.15. The van der Waals surface area contributed by atoms with Crippen LogP contribution in [0.25, 0.3) is 0 Å². The summed E-state index contributed by atoms with van der Waals surface area (Å²) in [5.74, 6) is 0.840. The minimum Gasteiger partial charge on any atom is -0.338 e. The van der Waals surface area contributed by atoms with E-state index in [4.69, 9.17) is 0 Å². The zero-order valence-corrected chi connectivity index (χ0v) is 15.5. The summed E-state index contributed by atoms with van der Waals surface area (Å²) < 4.78 is 0.981. The van der Waals surface area contributed by atoms with Crippen LogP contribution in [-0.4, -0.2) is 54.6 Å². The van der Waals surface area contributed by atoms with Crippen LogP contribution in [0.1, 0.15) is 33.1 Å². The number of rotatable bonds is 4. The van der Waals surface area contributed by atoms with E-state index in [1.807, 2.05) is 6.92 Å². The quantitative estimate of drug-likeness (QED) is 0.543. The largest absolute Gasteiger partial charge is 0.338 e. The Morgan fingerprint density at radius 3 is 2.77 bits per heavy atom. The number of carbonyl (C=O) groups excluding carboxylic acids is 2. The highest BCUT2D eigenvalue weighted by molar-refractivity contribution is 14.1. The second-order valence-corrected chi connectivity index (χ2v) is 7.46. The first-order valence-electron chi connectivity index (χ1n) is 7.91. The number of likely N-dealkylation sites (tertiary alicyclic amines) is 1. The second-order valence-electron chi connectivity index (χ2n) is 6.16. The first-order valence-corrected chi connectivity index (χ1v) is 8.99. The van der Waals surface area contributed by atoms with Crippen LogP contribution in [0, 0.1) is 5.92 Å². The van der Waals surface area contributed by atoms with Crippen LogP contribution >= 0.6 is 22.6 Å². The number of carbonyl (C=O) groups is 2. The molecule has 124 valence electrons. The van der Waals surface area contributed by atoms with Crippen LogP contribution in [0.15, 0.2) is 9.28 Å². The van der Waals surface area contributed by atoms with Crippen molar-refractivity contribution in [3.63, 3.8) is 0 Å². The fraction of sp³-hybridized carbons (Fsp3) is 0.733. The molecule has 0 saturated carbocycles. The Balaban J connectivity index is 1.67. The lowest BCUT2D eigenvalue weighted by Crippen LogP contribution is -2.51. The number of nitrogens with one attached hydrogen (secondary N) is 2. The normalized spacial score (nSPS) is 21.0. The summed E-state index contributed by atoms with van der Waals surface area (Å²) in [6, 6.07) is -0.660. The molecule has 2 aliphatic heterocycles. The maximum Gasteiger partial charge on any atom is 0.330 e. The zero-order chi connectivity index (χ0) is 16.1. The Morgan fingerprint density at radius 2 is 2.09 bits per heavy atom. The van der Waals surface area contributed by atoms with Gasteiger partial charge in [0, 0.05) is 15.8 Å². The highest BCUT2D eigenvalue weighted by atomic mass is 127. The van der Waals surface area contributed by atoms with Crippen molar-refractivity contribution < 1.29 is 9.59 Å². The van der Waals surface area contributed by atoms with Gasteiger partial charge in [-0.25, -0.2) is 14.5 Å². The number of nitrogens with zero attached hydrogens (tertiary/aromatic N) is 2. The van der Waals surface area contributed by atoms with Gasteiger partial charge < -0.3 is 15.5 Å². The molecule has 4 amide bonds. The van der Waals surface area contributed by atoms with Gasteiger partial charge in [-0.05, 0) is 74.3 Å². The molecule has 6 nitrogen and oxygen atoms in total. The van der Waals surface area contributed by atoms with E-state index >= 15 is 0 Å². The predicted octanol–water partition coefficient (Wildman–Crippen LogP) is 2.51. The molecule has 0 bridgehead atoms. The third kappa shape index (κ3) is 4.84. The first-order chi connectivity index (χ1) is 10.5. The topological polar surface area (TPSA) is 64.7 Å². The molecule has 0 spiro atoms. The standard InChI is InChI=1S/C15H25IN4O2/c1-11-4-8-19(9-5-11)7-3-6-17-14(21)20-10-13(16)12(2)18-15(20)22/h11H,3-10H2,1-2H3,(H,17,21)(H,18,22). The summed E-state index contributed by atoms with van der Waals surface area (Å²) in [4.78, 5) is 27.6. The Kier molecular flexibility index (Phi) is 6.49. The van der Waals surface area contributed by atoms with Crippen LogP contribution < -0.4 is 10.6 Å². The number of amides is 4. The van der Waals surface area contributed by atoms with E-state index in [0.717, 1.165) is 41.2 Å². The van der Waals surface area contributed by atoms with Crippen LogP contribution in [-0.2, 0) is 0 Å². The maximum atomic E-state index is 12.1. The number of imide groups is 1. The SMILES string of the molecule is CC1=C(I)CN(C(=O)NCCCN2CCC(C)CC2)C(=O)N1. The lowest BCUT2D eigenvalue weighted by molar-refractivity contribution is 0.183. The number of hydrogen-bond donors (Lipinski definition) is 2. The van der Waals surface area contributed by atoms with E-state index in [0.29, 0.717) is 13.1 Å². The monoisotopic (exact) mass is 420 g/mol. The van der Waals surface area contributed by atoms with Gasteiger partial charge in [-0.2, -0.15) is 0 Å². The maximum absolute atomic E-state index is 12.1. The van der Waals surface area contributed by atoms with Gasteiger partial charge in [0.05, 0.1) is 6.54 Å². The number of hydrogen-bond acceptors (Lipinski definition) is 3. The molecule has 0 aliphatic carbocycles. The van der Waals surface area contributed by atoms with Crippen molar-refractivity contribution in [3.05, 3.63) is 9.28 Å². The molecule has 0 aromatic rings. The summed E-state index contributed by atoms with van der Waals surface area (Å²) in [5.41, 5.74) is 0.828. The zero-order valence-electron chi connectivity index (χ0n) is 13.3. The van der Waals surface area contributed by atoms with Gasteiger partial charge >= 0.3 is 12.1 Å². The molecule has 0 aromatic heterocycles. The molecule has 2 rings (SSSR count). The minimum atomic E-state index is -0.347. The molecule has 0 radical (unpaired) electrons. The van der Waals surface area contributed by atoms with Crippen molar-refractivity contribution in [2.75, 3.05) is 32.7 Å². The van der Waals surface area contributed by atoms with E-state index in [-0.39, 0.29) is 12.1 Å². The third-order valence-electron chi connectivity index (χ3n) is 4.29. The predicted molar refractivity (Wildman–Crippen MR) is 94.8 cm³/mol. The fourth-order valence-corrected chi connectivity index (χ4v) is 3.14. The molecule has 22 heavy (non-hydrogen) atoms. The van der Waals surface area contributed by atoms with Gasteiger partial charge in [-0.1, -0.05) is 6.92 Å². The van der Waals surface area contributed by atoms with Crippen molar-refractivity contribution in [2.45, 2.75) is 33.1 Å². The first kappa shape index (κ1) is 17.5. The van der Waals surface area contributed by atoms with Crippen LogP contribution in [0.2, 0.25) is 0 Å². The molecule has 1 saturated heterocycles. The highest BCUT2D eigenvalue weighted by Gasteiger charge is 2.26. The van der Waals surface area contributed by atoms with E-state index in [1.54, 1.807) is 0 Å². The average molecular weight is 420 g/mol. The van der Waals surface area contributed by atoms with Crippen molar-refractivity contribution in [2.24, 2.45) is 5.92 Å². The molecule has 2 N–H and O–H groups in total. The third-order valence-corrected chi connectivity index (χ3v) is 5.44. The van der Waals surface area contributed by atoms with Gasteiger partial charge in [0.15, 0.2) is 0 Å². The fourth-order valence-electron chi connectivity index (χ4n) is 2.67. The van der Waals surface area contributed by atoms with E-state index in [2.05, 4.69) is 45.0 Å². The van der Waals surface area contributed by atoms with Gasteiger partial charge in [-0.3, -0.25) is 0 Å². The van der Waals surface area contributed by atoms with Crippen LogP contribution in [0.4, 0.5) is 9.59 Å².